The van der Waals surface area contributed by atoms with Crippen LogP contribution in [0.1, 0.15) is 57.0 Å². The molecule has 0 bridgehead atoms. The fourth-order valence-corrected chi connectivity index (χ4v) is 3.59. The Hall–Kier alpha value is -3.88. The van der Waals surface area contributed by atoms with E-state index in [-0.39, 0.29) is 25.0 Å². The van der Waals surface area contributed by atoms with Crippen LogP contribution in [0.3, 0.4) is 0 Å². The van der Waals surface area contributed by atoms with Crippen LogP contribution in [0.5, 0.6) is 0 Å². The number of amides is 3. The summed E-state index contributed by atoms with van der Waals surface area (Å²) in [5.74, 6) is -3.42. The van der Waals surface area contributed by atoms with Crippen LogP contribution < -0.4 is 16.2 Å². The quantitative estimate of drug-likeness (QED) is 0.327. The van der Waals surface area contributed by atoms with E-state index in [9.17, 15) is 19.2 Å². The molecule has 3 N–H and O–H groups in total. The molecule has 2 atom stereocenters. The molecule has 9 nitrogen and oxygen atoms in total. The minimum Gasteiger partial charge on any atom is -0.460 e. The highest BCUT2D eigenvalue weighted by Crippen LogP contribution is 2.24. The predicted molar refractivity (Wildman–Crippen MR) is 139 cm³/mol. The predicted octanol–water partition coefficient (Wildman–Crippen LogP) is 3.99. The van der Waals surface area contributed by atoms with Crippen molar-refractivity contribution in [3.63, 3.8) is 0 Å². The molecule has 0 saturated carbocycles. The van der Waals surface area contributed by atoms with Gasteiger partial charge in [0.15, 0.2) is 0 Å². The van der Waals surface area contributed by atoms with Gasteiger partial charge in [0.25, 0.3) is 5.91 Å². The summed E-state index contributed by atoms with van der Waals surface area (Å²) in [6, 6.07) is 17.7. The highest BCUT2D eigenvalue weighted by molar-refractivity contribution is 5.94. The molecule has 0 aromatic heterocycles. The fourth-order valence-electron chi connectivity index (χ4n) is 3.59. The smallest absolute Gasteiger partial charge is 0.426 e. The van der Waals surface area contributed by atoms with Crippen molar-refractivity contribution in [3.8, 4) is 0 Å². The van der Waals surface area contributed by atoms with Gasteiger partial charge in [-0.2, -0.15) is 0 Å². The monoisotopic (exact) mass is 511 g/mol. The van der Waals surface area contributed by atoms with E-state index < -0.39 is 35.4 Å². The Morgan fingerprint density at radius 1 is 0.838 bits per heavy atom. The van der Waals surface area contributed by atoms with E-state index in [0.29, 0.717) is 12.0 Å². The lowest BCUT2D eigenvalue weighted by Crippen LogP contribution is -2.50. The van der Waals surface area contributed by atoms with Gasteiger partial charge in [-0.25, -0.2) is 10.2 Å². The van der Waals surface area contributed by atoms with Crippen LogP contribution in [0.25, 0.3) is 0 Å². The fraction of sp³-hybridized carbons (Fsp3) is 0.429. The number of carbonyl (C=O) groups is 4. The van der Waals surface area contributed by atoms with Crippen LogP contribution in [0.2, 0.25) is 0 Å². The van der Waals surface area contributed by atoms with Crippen molar-refractivity contribution in [2.24, 2.45) is 17.8 Å². The maximum absolute atomic E-state index is 13.2. The van der Waals surface area contributed by atoms with Gasteiger partial charge in [0.1, 0.15) is 12.2 Å². The Morgan fingerprint density at radius 2 is 1.43 bits per heavy atom. The normalized spacial score (nSPS) is 12.7. The Balaban J connectivity index is 2.12. The summed E-state index contributed by atoms with van der Waals surface area (Å²) in [5.41, 5.74) is 5.02. The second-order valence-electron chi connectivity index (χ2n) is 10.1. The topological polar surface area (TPSA) is 123 Å². The Kier molecular flexibility index (Phi) is 11.1. The number of hydrogen-bond acceptors (Lipinski definition) is 6. The molecule has 0 saturated heterocycles. The van der Waals surface area contributed by atoms with E-state index in [1.165, 1.54) is 0 Å². The van der Waals surface area contributed by atoms with Crippen molar-refractivity contribution < 1.29 is 28.7 Å². The number of ether oxygens (including phenoxy) is 2. The molecule has 2 rings (SSSR count). The zero-order valence-corrected chi connectivity index (χ0v) is 22.1. The third-order valence-electron chi connectivity index (χ3n) is 5.28. The van der Waals surface area contributed by atoms with Crippen molar-refractivity contribution in [2.75, 3.05) is 6.54 Å². The summed E-state index contributed by atoms with van der Waals surface area (Å²) in [6.45, 7) is 8.92. The van der Waals surface area contributed by atoms with Crippen molar-refractivity contribution in [2.45, 2.75) is 53.2 Å². The van der Waals surface area contributed by atoms with Crippen molar-refractivity contribution in [1.29, 1.82) is 0 Å². The molecule has 3 amide bonds. The molecule has 2 aromatic rings. The lowest BCUT2D eigenvalue weighted by atomic mass is 9.84. The average molecular weight is 512 g/mol. The zero-order valence-electron chi connectivity index (χ0n) is 22.1. The molecule has 0 aliphatic carbocycles. The summed E-state index contributed by atoms with van der Waals surface area (Å²) in [6.07, 6.45) is -0.524. The second-order valence-corrected chi connectivity index (χ2v) is 10.1. The van der Waals surface area contributed by atoms with Crippen molar-refractivity contribution in [1.82, 2.24) is 16.2 Å². The van der Waals surface area contributed by atoms with Gasteiger partial charge in [-0.15, -0.1) is 0 Å². The molecule has 0 aliphatic heterocycles. The van der Waals surface area contributed by atoms with E-state index >= 15 is 0 Å². The lowest BCUT2D eigenvalue weighted by Gasteiger charge is -2.29. The highest BCUT2D eigenvalue weighted by atomic mass is 16.6. The number of rotatable bonds is 10. The second kappa shape index (κ2) is 14.0. The molecule has 0 unspecified atom stereocenters. The first kappa shape index (κ1) is 29.4. The molecule has 0 fully saturated rings. The molecule has 200 valence electrons. The summed E-state index contributed by atoms with van der Waals surface area (Å²) < 4.78 is 10.7. The molecular formula is C28H37N3O6. The number of hydrogen-bond donors (Lipinski definition) is 3. The van der Waals surface area contributed by atoms with Crippen LogP contribution in [0.15, 0.2) is 60.7 Å². The lowest BCUT2D eigenvalue weighted by molar-refractivity contribution is -0.164. The molecule has 0 heterocycles. The molecule has 37 heavy (non-hydrogen) atoms. The number of benzene rings is 2. The largest absolute Gasteiger partial charge is 0.460 e. The van der Waals surface area contributed by atoms with E-state index in [4.69, 9.17) is 9.47 Å². The van der Waals surface area contributed by atoms with Crippen LogP contribution >= 0.6 is 0 Å². The Labute approximate surface area is 218 Å². The minimum atomic E-state index is -0.989. The number of nitrogens with one attached hydrogen (secondary N) is 3. The molecule has 0 aliphatic rings. The van der Waals surface area contributed by atoms with E-state index in [0.717, 1.165) is 5.56 Å². The summed E-state index contributed by atoms with van der Waals surface area (Å²) in [7, 11) is 0. The van der Waals surface area contributed by atoms with Gasteiger partial charge in [-0.1, -0.05) is 62.4 Å². The minimum absolute atomic E-state index is 0.0318. The first-order valence-electron chi connectivity index (χ1n) is 12.3. The summed E-state index contributed by atoms with van der Waals surface area (Å²) >= 11 is 0. The number of hydrazine groups is 1. The number of esters is 1. The van der Waals surface area contributed by atoms with Gasteiger partial charge in [-0.3, -0.25) is 19.8 Å². The molecule has 9 heteroatoms. The van der Waals surface area contributed by atoms with Gasteiger partial charge in [0, 0.05) is 12.1 Å². The third kappa shape index (κ3) is 10.7. The standard InChI is InChI=1S/C28H37N3O6/c1-19(2)16-22(25(33)30-31-27(35)36-18-20-12-8-6-9-13-20)23(26(34)37-28(3,4)5)17-29-24(32)21-14-10-7-11-15-21/h6-15,19,22-23H,16-18H2,1-5H3,(H,29,32)(H,30,33)(H,31,35)/t22-,23+/m1/s1. The molecule has 0 spiro atoms. The molecule has 2 aromatic carbocycles. The first-order valence-corrected chi connectivity index (χ1v) is 12.3. The number of carbonyl (C=O) groups excluding carboxylic acids is 4. The average Bonchev–Trinajstić information content (AvgIpc) is 2.85. The van der Waals surface area contributed by atoms with E-state index in [1.54, 1.807) is 63.2 Å². The van der Waals surface area contributed by atoms with E-state index in [2.05, 4.69) is 16.2 Å². The first-order chi connectivity index (χ1) is 17.5. The maximum atomic E-state index is 13.2. The van der Waals surface area contributed by atoms with Crippen LogP contribution in [-0.4, -0.2) is 36.0 Å². The molecule has 0 radical (unpaired) electrons. The summed E-state index contributed by atoms with van der Waals surface area (Å²) in [4.78, 5) is 51.1. The van der Waals surface area contributed by atoms with Gasteiger partial charge in [-0.05, 0) is 50.8 Å². The Morgan fingerprint density at radius 3 is 2.00 bits per heavy atom. The van der Waals surface area contributed by atoms with Crippen LogP contribution in [0.4, 0.5) is 4.79 Å². The highest BCUT2D eigenvalue weighted by Gasteiger charge is 2.37. The van der Waals surface area contributed by atoms with Gasteiger partial charge in [0.2, 0.25) is 5.91 Å². The molecular weight excluding hydrogens is 474 g/mol. The van der Waals surface area contributed by atoms with Crippen molar-refractivity contribution in [3.05, 3.63) is 71.8 Å². The van der Waals surface area contributed by atoms with Gasteiger partial charge in [0.05, 0.1) is 11.8 Å². The van der Waals surface area contributed by atoms with Gasteiger partial charge >= 0.3 is 12.1 Å². The van der Waals surface area contributed by atoms with Crippen LogP contribution in [-0.2, 0) is 25.7 Å². The van der Waals surface area contributed by atoms with Crippen molar-refractivity contribution >= 4 is 23.9 Å². The Bertz CT molecular complexity index is 1030. The zero-order chi connectivity index (χ0) is 27.4. The van der Waals surface area contributed by atoms with Gasteiger partial charge < -0.3 is 14.8 Å². The van der Waals surface area contributed by atoms with Crippen LogP contribution in [0, 0.1) is 17.8 Å². The SMILES string of the molecule is CC(C)C[C@@H](C(=O)NNC(=O)OCc1ccccc1)[C@H](CNC(=O)c1ccccc1)C(=O)OC(C)(C)C. The van der Waals surface area contributed by atoms with E-state index in [1.807, 2.05) is 32.0 Å². The summed E-state index contributed by atoms with van der Waals surface area (Å²) in [5, 5.41) is 2.75. The third-order valence-corrected chi connectivity index (χ3v) is 5.28. The maximum Gasteiger partial charge on any atom is 0.426 e.